The number of carbonyl (C=O) groups excluding carboxylic acids is 1. The highest BCUT2D eigenvalue weighted by atomic mass is 35.5. The second kappa shape index (κ2) is 5.65. The van der Waals surface area contributed by atoms with Crippen LogP contribution in [0.2, 0.25) is 5.02 Å². The normalized spacial score (nSPS) is 31.0. The number of halogens is 3. The predicted molar refractivity (Wildman–Crippen MR) is 91.0 cm³/mol. The van der Waals surface area contributed by atoms with Crippen molar-refractivity contribution in [2.75, 3.05) is 0 Å². The number of hydrogen-bond donors (Lipinski definition) is 2. The van der Waals surface area contributed by atoms with Crippen LogP contribution in [0.5, 0.6) is 0 Å². The Bertz CT molecular complexity index is 755. The Labute approximate surface area is 154 Å². The lowest BCUT2D eigenvalue weighted by atomic mass is 9.62. The zero-order valence-electron chi connectivity index (χ0n) is 14.1. The van der Waals surface area contributed by atoms with Crippen molar-refractivity contribution in [1.82, 2.24) is 5.32 Å². The van der Waals surface area contributed by atoms with Gasteiger partial charge in [0.05, 0.1) is 12.5 Å². The molecule has 3 aliphatic rings. The fourth-order valence-corrected chi connectivity index (χ4v) is 5.22. The summed E-state index contributed by atoms with van der Waals surface area (Å²) in [6.07, 6.45) is 2.08. The van der Waals surface area contributed by atoms with Crippen LogP contribution in [0.4, 0.5) is 8.78 Å². The van der Waals surface area contributed by atoms with Crippen molar-refractivity contribution in [1.29, 1.82) is 0 Å². The van der Waals surface area contributed by atoms with Crippen molar-refractivity contribution in [3.8, 4) is 0 Å². The monoisotopic (exact) mass is 383 g/mol. The van der Waals surface area contributed by atoms with E-state index in [0.717, 1.165) is 6.42 Å². The van der Waals surface area contributed by atoms with Gasteiger partial charge >= 0.3 is 5.97 Å². The summed E-state index contributed by atoms with van der Waals surface area (Å²) in [5.74, 6) is -4.50. The molecule has 1 aromatic carbocycles. The minimum atomic E-state index is -2.65. The summed E-state index contributed by atoms with van der Waals surface area (Å²) >= 11 is 5.85. The standard InChI is InChI=1S/C19H20ClF2NO3/c20-13-4-2-11(3-5-13)14(8-15(24)25)23-16(26)12-9-18(10-12)17(6-1-7-17)19(18,21)22/h2-5,12,14H,1,6-10H2,(H,23,26)(H,24,25). The molecule has 26 heavy (non-hydrogen) atoms. The maximum Gasteiger partial charge on any atom is 0.305 e. The molecule has 140 valence electrons. The molecule has 3 aliphatic carbocycles. The molecule has 0 radical (unpaired) electrons. The molecule has 1 amide bonds. The van der Waals surface area contributed by atoms with Gasteiger partial charge < -0.3 is 10.4 Å². The van der Waals surface area contributed by atoms with Crippen molar-refractivity contribution in [3.63, 3.8) is 0 Å². The minimum Gasteiger partial charge on any atom is -0.481 e. The Morgan fingerprint density at radius 1 is 1.19 bits per heavy atom. The van der Waals surface area contributed by atoms with Gasteiger partial charge in [-0.1, -0.05) is 30.2 Å². The van der Waals surface area contributed by atoms with Gasteiger partial charge in [-0.05, 0) is 43.4 Å². The average molecular weight is 384 g/mol. The van der Waals surface area contributed by atoms with Gasteiger partial charge in [0.25, 0.3) is 5.92 Å². The van der Waals surface area contributed by atoms with Gasteiger partial charge in [0.2, 0.25) is 5.91 Å². The number of rotatable bonds is 5. The first kappa shape index (κ1) is 17.7. The Morgan fingerprint density at radius 3 is 2.27 bits per heavy atom. The molecule has 1 aromatic rings. The lowest BCUT2D eigenvalue weighted by Gasteiger charge is -2.40. The maximum atomic E-state index is 14.3. The molecule has 0 heterocycles. The van der Waals surface area contributed by atoms with Gasteiger partial charge in [0.15, 0.2) is 0 Å². The molecule has 4 rings (SSSR count). The predicted octanol–water partition coefficient (Wildman–Crippen LogP) is 4.19. The van der Waals surface area contributed by atoms with Crippen LogP contribution in [0.15, 0.2) is 24.3 Å². The van der Waals surface area contributed by atoms with Crippen LogP contribution in [-0.4, -0.2) is 22.9 Å². The maximum absolute atomic E-state index is 14.3. The van der Waals surface area contributed by atoms with Gasteiger partial charge in [0.1, 0.15) is 0 Å². The lowest BCUT2D eigenvalue weighted by Crippen LogP contribution is -2.44. The topological polar surface area (TPSA) is 66.4 Å². The van der Waals surface area contributed by atoms with Crippen molar-refractivity contribution in [3.05, 3.63) is 34.9 Å². The number of hydrogen-bond acceptors (Lipinski definition) is 2. The lowest BCUT2D eigenvalue weighted by molar-refractivity contribution is -0.138. The quantitative estimate of drug-likeness (QED) is 0.801. The van der Waals surface area contributed by atoms with Gasteiger partial charge in [0, 0.05) is 21.8 Å². The minimum absolute atomic E-state index is 0.201. The fraction of sp³-hybridized carbons (Fsp3) is 0.579. The number of alkyl halides is 2. The zero-order valence-corrected chi connectivity index (χ0v) is 14.9. The zero-order chi connectivity index (χ0) is 18.7. The molecule has 0 aromatic heterocycles. The molecule has 1 atom stereocenters. The number of carboxylic acid groups (broad SMARTS) is 1. The SMILES string of the molecule is O=C(O)CC(NC(=O)C1CC2(C1)C(F)(F)C21CCC1)c1ccc(Cl)cc1. The highest BCUT2D eigenvalue weighted by Crippen LogP contribution is 2.89. The average Bonchev–Trinajstić information content (AvgIpc) is 2.96. The van der Waals surface area contributed by atoms with Crippen molar-refractivity contribution < 1.29 is 23.5 Å². The summed E-state index contributed by atoms with van der Waals surface area (Å²) in [5, 5.41) is 12.4. The van der Waals surface area contributed by atoms with E-state index in [9.17, 15) is 18.4 Å². The molecule has 4 nitrogen and oxygen atoms in total. The number of nitrogens with one attached hydrogen (secondary N) is 1. The van der Waals surface area contributed by atoms with E-state index in [-0.39, 0.29) is 25.2 Å². The van der Waals surface area contributed by atoms with Crippen LogP contribution >= 0.6 is 11.6 Å². The number of fused-ring (bicyclic) bond motifs is 1. The van der Waals surface area contributed by atoms with Gasteiger partial charge in [-0.2, -0.15) is 0 Å². The third kappa shape index (κ3) is 2.24. The first-order chi connectivity index (χ1) is 12.2. The Hall–Kier alpha value is -1.69. The van der Waals surface area contributed by atoms with E-state index < -0.39 is 34.7 Å². The molecule has 0 saturated heterocycles. The smallest absolute Gasteiger partial charge is 0.305 e. The summed E-state index contributed by atoms with van der Waals surface area (Å²) in [4.78, 5) is 23.7. The number of aliphatic carboxylic acids is 1. The van der Waals surface area contributed by atoms with E-state index in [0.29, 0.717) is 23.4 Å². The van der Waals surface area contributed by atoms with Crippen LogP contribution in [0, 0.1) is 16.7 Å². The van der Waals surface area contributed by atoms with Crippen LogP contribution in [0.25, 0.3) is 0 Å². The highest BCUT2D eigenvalue weighted by molar-refractivity contribution is 6.30. The van der Waals surface area contributed by atoms with Crippen molar-refractivity contribution >= 4 is 23.5 Å². The van der Waals surface area contributed by atoms with Crippen LogP contribution in [0.3, 0.4) is 0 Å². The van der Waals surface area contributed by atoms with E-state index in [4.69, 9.17) is 16.7 Å². The second-order valence-electron chi connectivity index (χ2n) is 7.91. The first-order valence-corrected chi connectivity index (χ1v) is 9.26. The van der Waals surface area contributed by atoms with E-state index in [1.807, 2.05) is 0 Å². The van der Waals surface area contributed by atoms with Gasteiger partial charge in [-0.15, -0.1) is 0 Å². The van der Waals surface area contributed by atoms with E-state index in [1.165, 1.54) is 0 Å². The van der Waals surface area contributed by atoms with Crippen molar-refractivity contribution in [2.24, 2.45) is 16.7 Å². The molecule has 7 heteroatoms. The molecular formula is C19H20ClF2NO3. The van der Waals surface area contributed by atoms with E-state index >= 15 is 0 Å². The summed E-state index contributed by atoms with van der Waals surface area (Å²) in [6, 6.07) is 5.88. The van der Waals surface area contributed by atoms with Gasteiger partial charge in [-0.3, -0.25) is 9.59 Å². The van der Waals surface area contributed by atoms with E-state index in [2.05, 4.69) is 5.32 Å². The Balaban J connectivity index is 1.42. The first-order valence-electron chi connectivity index (χ1n) is 8.88. The third-order valence-corrected chi connectivity index (χ3v) is 7.04. The molecule has 3 saturated carbocycles. The van der Waals surface area contributed by atoms with E-state index in [1.54, 1.807) is 24.3 Å². The molecule has 1 unspecified atom stereocenters. The summed E-state index contributed by atoms with van der Waals surface area (Å²) < 4.78 is 28.6. The van der Waals surface area contributed by atoms with Gasteiger partial charge in [-0.25, -0.2) is 8.78 Å². The Morgan fingerprint density at radius 2 is 1.81 bits per heavy atom. The summed E-state index contributed by atoms with van der Waals surface area (Å²) in [5.41, 5.74) is -1.21. The molecule has 0 bridgehead atoms. The summed E-state index contributed by atoms with van der Waals surface area (Å²) in [6.45, 7) is 0. The summed E-state index contributed by atoms with van der Waals surface area (Å²) in [7, 11) is 0. The Kier molecular flexibility index (Phi) is 3.85. The second-order valence-corrected chi connectivity index (χ2v) is 8.34. The molecular weight excluding hydrogens is 364 g/mol. The molecule has 2 N–H and O–H groups in total. The molecule has 0 aliphatic heterocycles. The number of amides is 1. The fourth-order valence-electron chi connectivity index (χ4n) is 5.09. The number of benzene rings is 1. The van der Waals surface area contributed by atoms with Crippen LogP contribution in [-0.2, 0) is 9.59 Å². The molecule has 2 spiro atoms. The largest absolute Gasteiger partial charge is 0.481 e. The van der Waals surface area contributed by atoms with Crippen LogP contribution < -0.4 is 5.32 Å². The third-order valence-electron chi connectivity index (χ3n) is 6.79. The highest BCUT2D eigenvalue weighted by Gasteiger charge is 2.94. The number of carbonyl (C=O) groups is 2. The van der Waals surface area contributed by atoms with Crippen LogP contribution in [0.1, 0.15) is 50.1 Å². The molecule has 3 fully saturated rings. The number of carboxylic acids is 1. The van der Waals surface area contributed by atoms with Crippen molar-refractivity contribution in [2.45, 2.75) is 50.5 Å².